The first-order valence-corrected chi connectivity index (χ1v) is 9.38. The number of fused-ring (bicyclic) bond motifs is 1. The highest BCUT2D eigenvalue weighted by Gasteiger charge is 2.18. The van der Waals surface area contributed by atoms with Gasteiger partial charge in [0, 0.05) is 12.5 Å². The molecule has 134 valence electrons. The number of aromatic nitrogens is 5. The van der Waals surface area contributed by atoms with Crippen molar-refractivity contribution >= 4 is 22.4 Å². The van der Waals surface area contributed by atoms with Gasteiger partial charge in [-0.15, -0.1) is 11.3 Å². The average Bonchev–Trinajstić information content (AvgIpc) is 3.35. The fourth-order valence-corrected chi connectivity index (χ4v) is 3.67. The monoisotopic (exact) mass is 368 g/mol. The van der Waals surface area contributed by atoms with E-state index in [1.807, 2.05) is 37.7 Å². The largest absolute Gasteiger partial charge is 0.337 e. The first-order chi connectivity index (χ1) is 12.7. The number of aryl methyl sites for hydroxylation is 1. The smallest absolute Gasteiger partial charge is 0.246 e. The topological polar surface area (TPSA) is 81.7 Å². The molecule has 1 aromatic carbocycles. The summed E-state index contributed by atoms with van der Waals surface area (Å²) in [5.74, 6) is 2.17. The zero-order valence-corrected chi connectivity index (χ0v) is 15.7. The molecule has 0 aliphatic carbocycles. The first-order valence-electron chi connectivity index (χ1n) is 8.50. The lowest BCUT2D eigenvalue weighted by atomic mass is 10.2. The fraction of sp³-hybridized carbons (Fsp3) is 0.333. The lowest BCUT2D eigenvalue weighted by Gasteiger charge is -2.06. The highest BCUT2D eigenvalue weighted by Crippen LogP contribution is 2.30. The van der Waals surface area contributed by atoms with Crippen molar-refractivity contribution in [3.8, 4) is 10.7 Å². The van der Waals surface area contributed by atoms with E-state index in [1.54, 1.807) is 11.3 Å². The van der Waals surface area contributed by atoms with E-state index in [-0.39, 0.29) is 0 Å². The maximum atomic E-state index is 5.49. The van der Waals surface area contributed by atoms with E-state index in [1.165, 1.54) is 0 Å². The molecule has 0 aliphatic rings. The van der Waals surface area contributed by atoms with Gasteiger partial charge in [0.1, 0.15) is 6.54 Å². The summed E-state index contributed by atoms with van der Waals surface area (Å²) in [6.07, 6.45) is 0.728. The predicted molar refractivity (Wildman–Crippen MR) is 101 cm³/mol. The summed E-state index contributed by atoms with van der Waals surface area (Å²) in [4.78, 5) is 14.8. The number of para-hydroxylation sites is 2. The van der Waals surface area contributed by atoms with Crippen LogP contribution in [-0.2, 0) is 13.0 Å². The van der Waals surface area contributed by atoms with Crippen molar-refractivity contribution in [2.24, 2.45) is 0 Å². The van der Waals surface area contributed by atoms with Gasteiger partial charge in [-0.3, -0.25) is 0 Å². The van der Waals surface area contributed by atoms with Gasteiger partial charge in [0.15, 0.2) is 11.6 Å². The molecule has 0 bridgehead atoms. The van der Waals surface area contributed by atoms with E-state index in [2.05, 4.69) is 38.0 Å². The van der Waals surface area contributed by atoms with Crippen LogP contribution in [-0.4, -0.2) is 37.8 Å². The Labute approximate surface area is 155 Å². The third kappa shape index (κ3) is 3.13. The Balaban J connectivity index is 1.73. The summed E-state index contributed by atoms with van der Waals surface area (Å²) in [7, 11) is 1.92. The van der Waals surface area contributed by atoms with Crippen molar-refractivity contribution in [3.63, 3.8) is 0 Å². The molecule has 0 spiro atoms. The second-order valence-corrected chi connectivity index (χ2v) is 7.13. The van der Waals surface area contributed by atoms with Crippen LogP contribution in [0.3, 0.4) is 0 Å². The third-order valence-corrected chi connectivity index (χ3v) is 5.31. The van der Waals surface area contributed by atoms with E-state index in [9.17, 15) is 0 Å². The van der Waals surface area contributed by atoms with E-state index in [0.29, 0.717) is 24.3 Å². The molecule has 0 radical (unpaired) electrons. The summed E-state index contributed by atoms with van der Waals surface area (Å²) in [6, 6.07) is 8.37. The van der Waals surface area contributed by atoms with Crippen LogP contribution in [0.1, 0.15) is 24.3 Å². The zero-order chi connectivity index (χ0) is 18.1. The van der Waals surface area contributed by atoms with E-state index >= 15 is 0 Å². The van der Waals surface area contributed by atoms with Crippen LogP contribution in [0.5, 0.6) is 0 Å². The Morgan fingerprint density at radius 3 is 2.88 bits per heavy atom. The predicted octanol–water partition coefficient (Wildman–Crippen LogP) is 3.05. The molecule has 1 unspecified atom stereocenters. The maximum absolute atomic E-state index is 5.49. The van der Waals surface area contributed by atoms with E-state index in [4.69, 9.17) is 9.51 Å². The molecule has 7 nitrogen and oxygen atoms in total. The Morgan fingerprint density at radius 1 is 1.27 bits per heavy atom. The molecule has 0 saturated carbocycles. The van der Waals surface area contributed by atoms with Gasteiger partial charge in [-0.2, -0.15) is 4.98 Å². The second kappa shape index (κ2) is 6.97. The molecule has 3 heterocycles. The molecule has 3 aromatic heterocycles. The van der Waals surface area contributed by atoms with Crippen LogP contribution in [0.15, 0.2) is 34.3 Å². The summed E-state index contributed by atoms with van der Waals surface area (Å²) in [6.45, 7) is 4.57. The number of benzene rings is 1. The molecule has 4 aromatic rings. The molecule has 0 saturated heterocycles. The molecule has 1 atom stereocenters. The van der Waals surface area contributed by atoms with Gasteiger partial charge in [0.2, 0.25) is 5.89 Å². The molecule has 4 rings (SSSR count). The maximum Gasteiger partial charge on any atom is 0.246 e. The van der Waals surface area contributed by atoms with Crippen molar-refractivity contribution < 1.29 is 4.52 Å². The molecule has 26 heavy (non-hydrogen) atoms. The van der Waals surface area contributed by atoms with E-state index < -0.39 is 0 Å². The third-order valence-electron chi connectivity index (χ3n) is 4.39. The lowest BCUT2D eigenvalue weighted by molar-refractivity contribution is 0.366. The Bertz CT molecular complexity index is 1030. The number of likely N-dealkylation sites (N-methyl/N-ethyl adjacent to an activating group) is 1. The number of nitrogens with zero attached hydrogens (tertiary/aromatic N) is 5. The normalized spacial score (nSPS) is 12.7. The van der Waals surface area contributed by atoms with Crippen molar-refractivity contribution in [1.82, 2.24) is 30.0 Å². The number of nitrogens with one attached hydrogen (secondary N) is 1. The summed E-state index contributed by atoms with van der Waals surface area (Å²) < 4.78 is 7.60. The fourth-order valence-electron chi connectivity index (χ4n) is 2.87. The zero-order valence-electron chi connectivity index (χ0n) is 14.9. The SMILES string of the molecule is CNC(C)Cc1noc(Cn2c(-c3scnc3C)nc3ccccc32)n1. The highest BCUT2D eigenvalue weighted by atomic mass is 32.1. The molecular weight excluding hydrogens is 348 g/mol. The first kappa shape index (κ1) is 16.9. The van der Waals surface area contributed by atoms with Crippen LogP contribution in [0.25, 0.3) is 21.7 Å². The van der Waals surface area contributed by atoms with Crippen molar-refractivity contribution in [2.75, 3.05) is 7.05 Å². The van der Waals surface area contributed by atoms with Crippen molar-refractivity contribution in [1.29, 1.82) is 0 Å². The van der Waals surface area contributed by atoms with Gasteiger partial charge < -0.3 is 14.4 Å². The van der Waals surface area contributed by atoms with E-state index in [0.717, 1.165) is 33.8 Å². The summed E-state index contributed by atoms with van der Waals surface area (Å²) >= 11 is 1.59. The van der Waals surface area contributed by atoms with Crippen molar-refractivity contribution in [2.45, 2.75) is 32.9 Å². The quantitative estimate of drug-likeness (QED) is 0.563. The second-order valence-electron chi connectivity index (χ2n) is 6.28. The Hall–Kier alpha value is -2.58. The Kier molecular flexibility index (Phi) is 4.52. The van der Waals surface area contributed by atoms with Gasteiger partial charge in [-0.25, -0.2) is 9.97 Å². The number of thiazole rings is 1. The number of rotatable bonds is 6. The van der Waals surface area contributed by atoms with Crippen LogP contribution < -0.4 is 5.32 Å². The minimum Gasteiger partial charge on any atom is -0.337 e. The minimum absolute atomic E-state index is 0.296. The standard InChI is InChI=1S/C18H20N6OS/c1-11(19-3)8-15-22-16(25-23-15)9-24-14-7-5-4-6-13(14)21-18(24)17-12(2)20-10-26-17/h4-7,10-11,19H,8-9H2,1-3H3. The molecule has 0 fully saturated rings. The van der Waals surface area contributed by atoms with Crippen LogP contribution >= 0.6 is 11.3 Å². The molecule has 1 N–H and O–H groups in total. The van der Waals surface area contributed by atoms with Crippen LogP contribution in [0.2, 0.25) is 0 Å². The van der Waals surface area contributed by atoms with Gasteiger partial charge in [-0.05, 0) is 33.0 Å². The van der Waals surface area contributed by atoms with Crippen LogP contribution in [0.4, 0.5) is 0 Å². The molecular formula is C18H20N6OS. The summed E-state index contributed by atoms with van der Waals surface area (Å²) in [5.41, 5.74) is 4.80. The van der Waals surface area contributed by atoms with Crippen LogP contribution in [0, 0.1) is 6.92 Å². The van der Waals surface area contributed by atoms with Gasteiger partial charge >= 0.3 is 0 Å². The molecule has 0 aliphatic heterocycles. The molecule has 8 heteroatoms. The van der Waals surface area contributed by atoms with Gasteiger partial charge in [0.25, 0.3) is 0 Å². The Morgan fingerprint density at radius 2 is 2.12 bits per heavy atom. The van der Waals surface area contributed by atoms with Crippen molar-refractivity contribution in [3.05, 3.63) is 47.2 Å². The minimum atomic E-state index is 0.296. The molecule has 0 amide bonds. The van der Waals surface area contributed by atoms with Gasteiger partial charge in [0.05, 0.1) is 27.1 Å². The van der Waals surface area contributed by atoms with Gasteiger partial charge in [-0.1, -0.05) is 17.3 Å². The summed E-state index contributed by atoms with van der Waals surface area (Å²) in [5, 5.41) is 7.29. The number of imidazole rings is 1. The number of hydrogen-bond acceptors (Lipinski definition) is 7. The highest BCUT2D eigenvalue weighted by molar-refractivity contribution is 7.13. The lowest BCUT2D eigenvalue weighted by Crippen LogP contribution is -2.24. The average molecular weight is 368 g/mol. The number of hydrogen-bond donors (Lipinski definition) is 1.